The molecule has 8 heteroatoms. The first-order valence-electron chi connectivity index (χ1n) is 14.0. The third kappa shape index (κ3) is 5.80. The van der Waals surface area contributed by atoms with Gasteiger partial charge in [-0.2, -0.15) is 5.26 Å². The second-order valence-corrected chi connectivity index (χ2v) is 11.0. The molecule has 0 saturated carbocycles. The Kier molecular flexibility index (Phi) is 8.32. The molecule has 1 amide bonds. The zero-order valence-electron chi connectivity index (χ0n) is 23.2. The molecule has 2 saturated heterocycles. The lowest BCUT2D eigenvalue weighted by Crippen LogP contribution is -2.56. The molecule has 1 atom stereocenters. The van der Waals surface area contributed by atoms with Crippen molar-refractivity contribution >= 4 is 17.4 Å². The standard InChI is InChI=1S/C32H36FN5O2/c1-22-15-23(2)29(32(40)37-13-14-38(28(20-37)21-39)31-18-27(33)7-10-35-31)17-26(22)16-24-8-11-36(12-9-24)30-6-4-3-5-25(30)19-34/h3-7,10,15,17-18,24,28,39H,8-9,11-14,16,20-21H2,1-2H3/t28-/m0/s1. The first-order chi connectivity index (χ1) is 19.4. The molecule has 2 fully saturated rings. The van der Waals surface area contributed by atoms with Crippen molar-refractivity contribution in [2.75, 3.05) is 49.1 Å². The average molecular weight is 542 g/mol. The summed E-state index contributed by atoms with van der Waals surface area (Å²) < 4.78 is 13.8. The van der Waals surface area contributed by atoms with Gasteiger partial charge in [-0.15, -0.1) is 0 Å². The third-order valence-corrected chi connectivity index (χ3v) is 8.38. The molecule has 0 bridgehead atoms. The molecule has 0 aliphatic carbocycles. The number of pyridine rings is 1. The Bertz CT molecular complexity index is 1410. The van der Waals surface area contributed by atoms with E-state index in [0.717, 1.165) is 49.2 Å². The highest BCUT2D eigenvalue weighted by atomic mass is 19.1. The number of hydrogen-bond donors (Lipinski definition) is 1. The van der Waals surface area contributed by atoms with Gasteiger partial charge < -0.3 is 19.8 Å². The van der Waals surface area contributed by atoms with E-state index in [9.17, 15) is 19.6 Å². The summed E-state index contributed by atoms with van der Waals surface area (Å²) in [5.74, 6) is 0.575. The summed E-state index contributed by atoms with van der Waals surface area (Å²) in [4.78, 5) is 24.0. The highest BCUT2D eigenvalue weighted by Crippen LogP contribution is 2.30. The van der Waals surface area contributed by atoms with Gasteiger partial charge in [-0.3, -0.25) is 4.79 Å². The van der Waals surface area contributed by atoms with E-state index >= 15 is 0 Å². The van der Waals surface area contributed by atoms with Gasteiger partial charge in [-0.05, 0) is 80.0 Å². The number of carbonyl (C=O) groups excluding carboxylic acids is 1. The summed E-state index contributed by atoms with van der Waals surface area (Å²) in [6.45, 7) is 7.04. The number of aliphatic hydroxyl groups excluding tert-OH is 1. The molecule has 1 aromatic heterocycles. The Morgan fingerprint density at radius 3 is 2.58 bits per heavy atom. The number of piperidine rings is 1. The largest absolute Gasteiger partial charge is 0.394 e. The molecular formula is C32H36FN5O2. The Labute approximate surface area is 235 Å². The topological polar surface area (TPSA) is 83.7 Å². The molecule has 7 nitrogen and oxygen atoms in total. The lowest BCUT2D eigenvalue weighted by Gasteiger charge is -2.41. The second-order valence-electron chi connectivity index (χ2n) is 11.0. The van der Waals surface area contributed by atoms with Crippen molar-refractivity contribution in [1.82, 2.24) is 9.88 Å². The molecule has 0 unspecified atom stereocenters. The summed E-state index contributed by atoms with van der Waals surface area (Å²) in [5.41, 5.74) is 5.78. The van der Waals surface area contributed by atoms with Crippen molar-refractivity contribution in [3.05, 3.63) is 88.4 Å². The number of anilines is 2. The predicted molar refractivity (Wildman–Crippen MR) is 154 cm³/mol. The number of halogens is 1. The van der Waals surface area contributed by atoms with E-state index in [-0.39, 0.29) is 24.4 Å². The zero-order chi connectivity index (χ0) is 28.2. The van der Waals surface area contributed by atoms with E-state index in [1.165, 1.54) is 29.5 Å². The van der Waals surface area contributed by atoms with E-state index in [4.69, 9.17) is 0 Å². The van der Waals surface area contributed by atoms with Gasteiger partial charge in [0.25, 0.3) is 5.91 Å². The highest BCUT2D eigenvalue weighted by molar-refractivity contribution is 5.96. The summed E-state index contributed by atoms with van der Waals surface area (Å²) in [6.07, 6.45) is 4.40. The van der Waals surface area contributed by atoms with Crippen molar-refractivity contribution in [3.8, 4) is 6.07 Å². The van der Waals surface area contributed by atoms with E-state index in [1.54, 1.807) is 4.90 Å². The zero-order valence-corrected chi connectivity index (χ0v) is 23.2. The number of aryl methyl sites for hydroxylation is 2. The minimum atomic E-state index is -0.374. The first kappa shape index (κ1) is 27.6. The van der Waals surface area contributed by atoms with Crippen molar-refractivity contribution in [3.63, 3.8) is 0 Å². The number of piperazine rings is 1. The quantitative estimate of drug-likeness (QED) is 0.495. The van der Waals surface area contributed by atoms with Crippen LogP contribution in [0.4, 0.5) is 15.9 Å². The molecule has 2 aliphatic rings. The van der Waals surface area contributed by atoms with Gasteiger partial charge in [-0.25, -0.2) is 9.37 Å². The fourth-order valence-corrected chi connectivity index (χ4v) is 6.10. The van der Waals surface area contributed by atoms with E-state index in [1.807, 2.05) is 36.1 Å². The lowest BCUT2D eigenvalue weighted by molar-refractivity contribution is 0.0697. The fourth-order valence-electron chi connectivity index (χ4n) is 6.10. The van der Waals surface area contributed by atoms with E-state index in [0.29, 0.717) is 36.9 Å². The molecule has 0 spiro atoms. The molecule has 40 heavy (non-hydrogen) atoms. The molecule has 3 heterocycles. The average Bonchev–Trinajstić information content (AvgIpc) is 2.98. The summed E-state index contributed by atoms with van der Waals surface area (Å²) >= 11 is 0. The van der Waals surface area contributed by atoms with Gasteiger partial charge in [-0.1, -0.05) is 18.2 Å². The van der Waals surface area contributed by atoms with Gasteiger partial charge >= 0.3 is 0 Å². The van der Waals surface area contributed by atoms with Crippen LogP contribution in [0.15, 0.2) is 54.7 Å². The number of para-hydroxylation sites is 1. The van der Waals surface area contributed by atoms with Gasteiger partial charge in [0.1, 0.15) is 17.7 Å². The number of carbonyl (C=O) groups is 1. The monoisotopic (exact) mass is 541 g/mol. The number of rotatable bonds is 6. The van der Waals surface area contributed by atoms with E-state index in [2.05, 4.69) is 35.0 Å². The second kappa shape index (κ2) is 12.1. The van der Waals surface area contributed by atoms with Crippen molar-refractivity contribution < 1.29 is 14.3 Å². The van der Waals surface area contributed by atoms with Crippen LogP contribution in [0, 0.1) is 36.9 Å². The number of aromatic nitrogens is 1. The smallest absolute Gasteiger partial charge is 0.254 e. The summed E-state index contributed by atoms with van der Waals surface area (Å²) in [7, 11) is 0. The predicted octanol–water partition coefficient (Wildman–Crippen LogP) is 4.49. The van der Waals surface area contributed by atoms with Crippen LogP contribution < -0.4 is 9.80 Å². The SMILES string of the molecule is Cc1cc(C)c(C(=O)N2CCN(c3cc(F)ccn3)[C@H](CO)C2)cc1CC1CCN(c2ccccc2C#N)CC1. The fraction of sp³-hybridized carbons (Fsp3) is 0.406. The van der Waals surface area contributed by atoms with Gasteiger partial charge in [0.15, 0.2) is 0 Å². The van der Waals surface area contributed by atoms with Crippen LogP contribution in [0.5, 0.6) is 0 Å². The highest BCUT2D eigenvalue weighted by Gasteiger charge is 2.31. The Morgan fingerprint density at radius 1 is 1.07 bits per heavy atom. The maximum atomic E-state index is 13.8. The third-order valence-electron chi connectivity index (χ3n) is 8.38. The van der Waals surface area contributed by atoms with Crippen molar-refractivity contribution in [1.29, 1.82) is 5.26 Å². The van der Waals surface area contributed by atoms with Crippen molar-refractivity contribution in [2.45, 2.75) is 39.2 Å². The molecule has 2 aliphatic heterocycles. The number of amides is 1. The maximum Gasteiger partial charge on any atom is 0.254 e. The van der Waals surface area contributed by atoms with Gasteiger partial charge in [0, 0.05) is 50.6 Å². The van der Waals surface area contributed by atoms with Gasteiger partial charge in [0.05, 0.1) is 23.9 Å². The molecule has 2 aromatic carbocycles. The van der Waals surface area contributed by atoms with Crippen LogP contribution in [-0.2, 0) is 6.42 Å². The van der Waals surface area contributed by atoms with Crippen LogP contribution >= 0.6 is 0 Å². The molecule has 3 aromatic rings. The first-order valence-corrected chi connectivity index (χ1v) is 14.0. The summed E-state index contributed by atoms with van der Waals surface area (Å²) in [5, 5.41) is 19.6. The number of nitriles is 1. The number of aliphatic hydroxyl groups is 1. The maximum absolute atomic E-state index is 13.8. The van der Waals surface area contributed by atoms with Crippen LogP contribution in [0.3, 0.4) is 0 Å². The number of hydrogen-bond acceptors (Lipinski definition) is 6. The van der Waals surface area contributed by atoms with Crippen LogP contribution in [-0.4, -0.2) is 66.3 Å². The summed E-state index contributed by atoms with van der Waals surface area (Å²) in [6, 6.07) is 16.6. The van der Waals surface area contributed by atoms with Gasteiger partial charge in [0.2, 0.25) is 0 Å². The Hall–Kier alpha value is -3.96. The molecule has 208 valence electrons. The number of nitrogens with zero attached hydrogens (tertiary/aromatic N) is 5. The molecular weight excluding hydrogens is 505 g/mol. The van der Waals surface area contributed by atoms with Crippen LogP contribution in [0.2, 0.25) is 0 Å². The number of benzene rings is 2. The Morgan fingerprint density at radius 2 is 1.85 bits per heavy atom. The Balaban J connectivity index is 1.26. The lowest BCUT2D eigenvalue weighted by atomic mass is 9.86. The van der Waals surface area contributed by atoms with Crippen LogP contribution in [0.25, 0.3) is 0 Å². The minimum absolute atomic E-state index is 0.0352. The van der Waals surface area contributed by atoms with Crippen LogP contribution in [0.1, 0.15) is 45.5 Å². The van der Waals surface area contributed by atoms with E-state index < -0.39 is 0 Å². The van der Waals surface area contributed by atoms with Crippen molar-refractivity contribution in [2.24, 2.45) is 5.92 Å². The molecule has 1 N–H and O–H groups in total. The minimum Gasteiger partial charge on any atom is -0.394 e. The normalized spacial score (nSPS) is 18.1. The molecule has 5 rings (SSSR count). The molecule has 0 radical (unpaired) electrons.